The van der Waals surface area contributed by atoms with Crippen LogP contribution in [0.3, 0.4) is 0 Å². The maximum atomic E-state index is 13.2. The van der Waals surface area contributed by atoms with Gasteiger partial charge in [0, 0.05) is 5.02 Å². The van der Waals surface area contributed by atoms with Crippen molar-refractivity contribution in [3.05, 3.63) is 58.9 Å². The summed E-state index contributed by atoms with van der Waals surface area (Å²) in [4.78, 5) is 0. The van der Waals surface area contributed by atoms with E-state index in [9.17, 15) is 4.39 Å². The van der Waals surface area contributed by atoms with E-state index in [0.717, 1.165) is 17.0 Å². The third kappa shape index (κ3) is 2.14. The van der Waals surface area contributed by atoms with E-state index in [0.29, 0.717) is 11.6 Å². The minimum absolute atomic E-state index is 0.186. The monoisotopic (exact) mass is 263 g/mol. The summed E-state index contributed by atoms with van der Waals surface area (Å²) in [6.45, 7) is 0.594. The summed E-state index contributed by atoms with van der Waals surface area (Å²) < 4.78 is 19.0. The van der Waals surface area contributed by atoms with Crippen LogP contribution in [-0.2, 0) is 0 Å². The van der Waals surface area contributed by atoms with Gasteiger partial charge in [-0.2, -0.15) is 0 Å². The van der Waals surface area contributed by atoms with Gasteiger partial charge >= 0.3 is 0 Å². The number of hydrogen-bond acceptors (Lipinski definition) is 2. The largest absolute Gasteiger partial charge is 0.482 e. The summed E-state index contributed by atoms with van der Waals surface area (Å²) in [7, 11) is 0. The molecule has 92 valence electrons. The Labute approximate surface area is 109 Å². The van der Waals surface area contributed by atoms with E-state index in [2.05, 4.69) is 5.32 Å². The van der Waals surface area contributed by atoms with Crippen molar-refractivity contribution >= 4 is 17.3 Å². The maximum Gasteiger partial charge on any atom is 0.143 e. The van der Waals surface area contributed by atoms with Gasteiger partial charge in [-0.3, -0.25) is 0 Å². The van der Waals surface area contributed by atoms with E-state index < -0.39 is 0 Å². The molecule has 3 rings (SSSR count). The lowest BCUT2D eigenvalue weighted by Gasteiger charge is -2.27. The molecule has 0 spiro atoms. The van der Waals surface area contributed by atoms with E-state index in [1.165, 1.54) is 12.1 Å². The predicted octanol–water partition coefficient (Wildman–Crippen LogP) is 4.02. The van der Waals surface area contributed by atoms with Crippen LogP contribution >= 0.6 is 11.6 Å². The summed E-state index contributed by atoms with van der Waals surface area (Å²) in [5, 5.41) is 3.90. The standard InChI is InChI=1S/C14H11ClFNO/c15-10-4-5-13-12(7-10)17-8-14(18-13)9-2-1-3-11(16)6-9/h1-7,14,17H,8H2. The Morgan fingerprint density at radius 3 is 2.94 bits per heavy atom. The Morgan fingerprint density at radius 1 is 1.22 bits per heavy atom. The molecule has 1 unspecified atom stereocenters. The third-order valence-electron chi connectivity index (χ3n) is 2.91. The fourth-order valence-corrected chi connectivity index (χ4v) is 2.21. The van der Waals surface area contributed by atoms with Crippen LogP contribution in [-0.4, -0.2) is 6.54 Å². The number of nitrogens with one attached hydrogen (secondary N) is 1. The smallest absolute Gasteiger partial charge is 0.143 e. The second kappa shape index (κ2) is 4.50. The zero-order valence-electron chi connectivity index (χ0n) is 9.49. The third-order valence-corrected chi connectivity index (χ3v) is 3.14. The molecule has 4 heteroatoms. The quantitative estimate of drug-likeness (QED) is 0.839. The van der Waals surface area contributed by atoms with Gasteiger partial charge in [-0.25, -0.2) is 4.39 Å². The molecular formula is C14H11ClFNO. The average Bonchev–Trinajstić information content (AvgIpc) is 2.38. The van der Waals surface area contributed by atoms with Crippen LogP contribution in [0.25, 0.3) is 0 Å². The van der Waals surface area contributed by atoms with Gasteiger partial charge in [-0.15, -0.1) is 0 Å². The normalized spacial score (nSPS) is 17.6. The molecule has 1 atom stereocenters. The number of halogens is 2. The second-order valence-corrected chi connectivity index (χ2v) is 4.62. The Balaban J connectivity index is 1.89. The van der Waals surface area contributed by atoms with E-state index in [1.807, 2.05) is 18.2 Å². The molecule has 0 bridgehead atoms. The highest BCUT2D eigenvalue weighted by Crippen LogP contribution is 2.35. The first kappa shape index (κ1) is 11.4. The Hall–Kier alpha value is -1.74. The highest BCUT2D eigenvalue weighted by Gasteiger charge is 2.21. The van der Waals surface area contributed by atoms with Gasteiger partial charge in [-0.1, -0.05) is 23.7 Å². The van der Waals surface area contributed by atoms with Gasteiger partial charge in [0.15, 0.2) is 0 Å². The summed E-state index contributed by atoms with van der Waals surface area (Å²) in [5.41, 5.74) is 1.69. The van der Waals surface area contributed by atoms with Crippen LogP contribution in [0.15, 0.2) is 42.5 Å². The number of anilines is 1. The van der Waals surface area contributed by atoms with Crippen molar-refractivity contribution in [2.45, 2.75) is 6.10 Å². The molecule has 0 saturated heterocycles. The first-order chi connectivity index (χ1) is 8.72. The molecule has 1 aliphatic heterocycles. The minimum atomic E-state index is -0.252. The predicted molar refractivity (Wildman–Crippen MR) is 69.7 cm³/mol. The maximum absolute atomic E-state index is 13.2. The Kier molecular flexibility index (Phi) is 2.84. The molecule has 2 aromatic carbocycles. The van der Waals surface area contributed by atoms with Crippen LogP contribution in [0, 0.1) is 5.82 Å². The molecule has 18 heavy (non-hydrogen) atoms. The number of hydrogen-bond donors (Lipinski definition) is 1. The molecule has 0 amide bonds. The van der Waals surface area contributed by atoms with Crippen LogP contribution < -0.4 is 10.1 Å². The molecule has 1 aliphatic rings. The Bertz CT molecular complexity index is 588. The summed E-state index contributed by atoms with van der Waals surface area (Å²) >= 11 is 5.91. The molecular weight excluding hydrogens is 253 g/mol. The average molecular weight is 264 g/mol. The number of ether oxygens (including phenoxy) is 1. The van der Waals surface area contributed by atoms with Gasteiger partial charge in [0.05, 0.1) is 12.2 Å². The second-order valence-electron chi connectivity index (χ2n) is 4.18. The number of fused-ring (bicyclic) bond motifs is 1. The van der Waals surface area contributed by atoms with Gasteiger partial charge in [0.1, 0.15) is 17.7 Å². The number of benzene rings is 2. The lowest BCUT2D eigenvalue weighted by atomic mass is 10.1. The van der Waals surface area contributed by atoms with Crippen LogP contribution in [0.2, 0.25) is 5.02 Å². The highest BCUT2D eigenvalue weighted by atomic mass is 35.5. The summed E-state index contributed by atoms with van der Waals surface area (Å²) in [5.74, 6) is 0.484. The summed E-state index contributed by atoms with van der Waals surface area (Å²) in [6.07, 6.45) is -0.186. The Morgan fingerprint density at radius 2 is 2.11 bits per heavy atom. The molecule has 0 fully saturated rings. The van der Waals surface area contributed by atoms with Gasteiger partial charge in [0.25, 0.3) is 0 Å². The molecule has 0 aliphatic carbocycles. The minimum Gasteiger partial charge on any atom is -0.482 e. The van der Waals surface area contributed by atoms with Crippen molar-refractivity contribution in [1.29, 1.82) is 0 Å². The fourth-order valence-electron chi connectivity index (χ4n) is 2.03. The molecule has 2 aromatic rings. The molecule has 0 aromatic heterocycles. The van der Waals surface area contributed by atoms with Crippen molar-refractivity contribution in [2.24, 2.45) is 0 Å². The van der Waals surface area contributed by atoms with E-state index >= 15 is 0 Å². The van der Waals surface area contributed by atoms with E-state index in [1.54, 1.807) is 12.1 Å². The van der Waals surface area contributed by atoms with Crippen LogP contribution in [0.4, 0.5) is 10.1 Å². The first-order valence-corrected chi connectivity index (χ1v) is 6.06. The zero-order chi connectivity index (χ0) is 12.5. The summed E-state index contributed by atoms with van der Waals surface area (Å²) in [6, 6.07) is 11.9. The SMILES string of the molecule is Fc1cccc(C2CNc3cc(Cl)ccc3O2)c1. The topological polar surface area (TPSA) is 21.3 Å². The van der Waals surface area contributed by atoms with Crippen LogP contribution in [0.5, 0.6) is 5.75 Å². The van der Waals surface area contributed by atoms with E-state index in [4.69, 9.17) is 16.3 Å². The van der Waals surface area contributed by atoms with Gasteiger partial charge in [-0.05, 0) is 35.9 Å². The van der Waals surface area contributed by atoms with Crippen molar-refractivity contribution < 1.29 is 9.13 Å². The van der Waals surface area contributed by atoms with Crippen molar-refractivity contribution in [3.8, 4) is 5.75 Å². The van der Waals surface area contributed by atoms with Crippen molar-refractivity contribution in [1.82, 2.24) is 0 Å². The molecule has 2 nitrogen and oxygen atoms in total. The zero-order valence-corrected chi connectivity index (χ0v) is 10.2. The highest BCUT2D eigenvalue weighted by molar-refractivity contribution is 6.30. The molecule has 0 radical (unpaired) electrons. The molecule has 1 heterocycles. The first-order valence-electron chi connectivity index (χ1n) is 5.68. The lowest BCUT2D eigenvalue weighted by Crippen LogP contribution is -2.23. The van der Waals surface area contributed by atoms with Crippen molar-refractivity contribution in [2.75, 3.05) is 11.9 Å². The fraction of sp³-hybridized carbons (Fsp3) is 0.143. The van der Waals surface area contributed by atoms with Gasteiger partial charge < -0.3 is 10.1 Å². The molecule has 1 N–H and O–H groups in total. The van der Waals surface area contributed by atoms with Crippen molar-refractivity contribution in [3.63, 3.8) is 0 Å². The lowest BCUT2D eigenvalue weighted by molar-refractivity contribution is 0.210. The van der Waals surface area contributed by atoms with E-state index in [-0.39, 0.29) is 11.9 Å². The molecule has 0 saturated carbocycles. The van der Waals surface area contributed by atoms with Gasteiger partial charge in [0.2, 0.25) is 0 Å². The number of rotatable bonds is 1. The van der Waals surface area contributed by atoms with Crippen LogP contribution in [0.1, 0.15) is 11.7 Å².